The Morgan fingerprint density at radius 2 is 0.307 bits per heavy atom. The Balaban J connectivity index is 1.70. The van der Waals surface area contributed by atoms with Crippen molar-refractivity contribution in [1.82, 2.24) is 0 Å². The Morgan fingerprint density at radius 3 is 0.426 bits per heavy atom. The van der Waals surface area contributed by atoms with Crippen LogP contribution in [0.5, 0.6) is 0 Å². The summed E-state index contributed by atoms with van der Waals surface area (Å²) in [6, 6.07) is 31.6. The SMILES string of the molecule is CC(C)(C)c1c(C(C)(C)C)c(C(C)(C)C)c2ccccc2c1C(=O)[O][Sn]([O]C(=O)c1c(C(C)(C)C)c(C(C)(C)C)c(C(C)(C)C)c2ccccc12)([O]C(=O)c1c(C(C)(C)C)c(C(C)(C)C)c(C(C)(C)C)c2ccccc12)[O]C(=O)c1c(C(C)(C)C)c(C(C)(C)C)c(C(C)(C)C)c2ccccc12. The summed E-state index contributed by atoms with van der Waals surface area (Å²) < 4.78 is 30.1. The number of fused-ring (bicyclic) bond motifs is 4. The van der Waals surface area contributed by atoms with E-state index in [2.05, 4.69) is 274 Å². The van der Waals surface area contributed by atoms with Gasteiger partial charge in [0.15, 0.2) is 0 Å². The maximum atomic E-state index is 17.5. The van der Waals surface area contributed by atoms with Crippen LogP contribution in [0.3, 0.4) is 0 Å². The predicted molar refractivity (Wildman–Crippen MR) is 428 cm³/mol. The van der Waals surface area contributed by atoms with Crippen molar-refractivity contribution in [2.75, 3.05) is 0 Å². The molecule has 0 bridgehead atoms. The Morgan fingerprint density at radius 1 is 0.188 bits per heavy atom. The van der Waals surface area contributed by atoms with Gasteiger partial charge in [-0.05, 0) is 0 Å². The average molecular weight is 1480 g/mol. The van der Waals surface area contributed by atoms with Crippen molar-refractivity contribution in [2.45, 2.75) is 314 Å². The fourth-order valence-corrected chi connectivity index (χ4v) is 21.0. The molecule has 0 N–H and O–H groups in total. The van der Waals surface area contributed by atoms with Gasteiger partial charge in [-0.25, -0.2) is 0 Å². The molecule has 8 nitrogen and oxygen atoms in total. The Hall–Kier alpha value is -6.52. The minimum absolute atomic E-state index is 0.191. The summed E-state index contributed by atoms with van der Waals surface area (Å²) in [5.74, 6) is -3.84. The first-order valence-electron chi connectivity index (χ1n) is 36.8. The molecular weight excluding hydrogens is 1350 g/mol. The molecular formula is C92H124O8Sn. The van der Waals surface area contributed by atoms with Gasteiger partial charge in [0.1, 0.15) is 0 Å². The van der Waals surface area contributed by atoms with Crippen LogP contribution in [0.15, 0.2) is 97.1 Å². The molecule has 0 saturated heterocycles. The summed E-state index contributed by atoms with van der Waals surface area (Å²) in [5, 5.41) is 5.65. The molecule has 8 aromatic rings. The van der Waals surface area contributed by atoms with E-state index >= 15 is 19.2 Å². The summed E-state index contributed by atoms with van der Waals surface area (Å²) in [6.07, 6.45) is 0. The van der Waals surface area contributed by atoms with Crippen molar-refractivity contribution >= 4 is 87.0 Å². The molecule has 9 heteroatoms. The van der Waals surface area contributed by atoms with E-state index in [4.69, 9.17) is 12.3 Å². The van der Waals surface area contributed by atoms with Crippen molar-refractivity contribution < 1.29 is 31.5 Å². The molecule has 0 radical (unpaired) electrons. The number of carbonyl (C=O) groups excluding carboxylic acids is 4. The standard InChI is InChI=1S/4C23H32O2.Sn/c4*1-21(2,3)17-15-13-11-10-12-14(15)16(20(24)25)18(22(4,5)6)19(17)23(7,8)9;/h4*10-13H,1-9H3,(H,24,25);/q;;;;+4/p-4. The Labute approximate surface area is 614 Å². The first-order valence-corrected chi connectivity index (χ1v) is 41.4. The van der Waals surface area contributed by atoms with Crippen molar-refractivity contribution in [3.05, 3.63) is 186 Å². The zero-order valence-electron chi connectivity index (χ0n) is 69.0. The quantitative estimate of drug-likeness (QED) is 0.139. The number of rotatable bonds is 8. The molecule has 0 aliphatic heterocycles. The van der Waals surface area contributed by atoms with E-state index in [1.807, 2.05) is 72.8 Å². The zero-order valence-corrected chi connectivity index (χ0v) is 71.9. The molecule has 0 atom stereocenters. The maximum absolute atomic E-state index is 17.5. The molecule has 0 amide bonds. The second-order valence-electron chi connectivity index (χ2n) is 41.2. The minimum atomic E-state index is -7.66. The molecule has 101 heavy (non-hydrogen) atoms. The predicted octanol–water partition coefficient (Wildman–Crippen LogP) is 25.0. The van der Waals surface area contributed by atoms with Gasteiger partial charge < -0.3 is 0 Å². The van der Waals surface area contributed by atoms with Crippen LogP contribution in [0.25, 0.3) is 43.1 Å². The van der Waals surface area contributed by atoms with Gasteiger partial charge in [0.25, 0.3) is 0 Å². The van der Waals surface area contributed by atoms with E-state index in [1.54, 1.807) is 0 Å². The molecule has 8 aromatic carbocycles. The zero-order chi connectivity index (χ0) is 76.8. The summed E-state index contributed by atoms with van der Waals surface area (Å²) in [7, 11) is 0. The van der Waals surface area contributed by atoms with Gasteiger partial charge in [0.05, 0.1) is 0 Å². The van der Waals surface area contributed by atoms with Crippen LogP contribution < -0.4 is 0 Å². The van der Waals surface area contributed by atoms with Gasteiger partial charge in [-0.3, -0.25) is 0 Å². The van der Waals surface area contributed by atoms with Crippen molar-refractivity contribution in [1.29, 1.82) is 0 Å². The van der Waals surface area contributed by atoms with E-state index in [-0.39, 0.29) is 22.3 Å². The molecule has 0 fully saturated rings. The average Bonchev–Trinajstić information content (AvgIpc) is 0.736. The van der Waals surface area contributed by atoms with E-state index < -0.39 is 109 Å². The van der Waals surface area contributed by atoms with Crippen LogP contribution >= 0.6 is 0 Å². The van der Waals surface area contributed by atoms with Gasteiger partial charge in [0, 0.05) is 0 Å². The fraction of sp³-hybridized carbons (Fsp3) is 0.522. The first-order chi connectivity index (χ1) is 45.4. The molecule has 544 valence electrons. The van der Waals surface area contributed by atoms with E-state index in [9.17, 15) is 0 Å². The number of hydrogen-bond donors (Lipinski definition) is 0. The third-order valence-electron chi connectivity index (χ3n) is 19.6. The van der Waals surface area contributed by atoms with Crippen LogP contribution in [0.4, 0.5) is 0 Å². The topological polar surface area (TPSA) is 105 Å². The summed E-state index contributed by atoms with van der Waals surface area (Å²) in [4.78, 5) is 70.1. The van der Waals surface area contributed by atoms with Gasteiger partial charge in [-0.15, -0.1) is 0 Å². The van der Waals surface area contributed by atoms with E-state index in [0.717, 1.165) is 66.1 Å². The van der Waals surface area contributed by atoms with Crippen LogP contribution in [0.2, 0.25) is 0 Å². The van der Waals surface area contributed by atoms with Crippen LogP contribution in [-0.2, 0) is 77.3 Å². The van der Waals surface area contributed by atoms with Crippen molar-refractivity contribution in [2.24, 2.45) is 0 Å². The normalized spacial score (nSPS) is 13.9. The van der Waals surface area contributed by atoms with Gasteiger partial charge in [-0.2, -0.15) is 0 Å². The summed E-state index contributed by atoms with van der Waals surface area (Å²) in [5.41, 5.74) is 4.55. The monoisotopic (exact) mass is 1480 g/mol. The fourth-order valence-electron chi connectivity index (χ4n) is 16.5. The molecule has 0 unspecified atom stereocenters. The number of carbonyl (C=O) groups is 4. The third kappa shape index (κ3) is 15.4. The first kappa shape index (κ1) is 80.2. The Bertz CT molecular complexity index is 4040. The molecule has 0 spiro atoms. The Kier molecular flexibility index (Phi) is 20.6. The second-order valence-corrected chi connectivity index (χ2v) is 46.4. The summed E-state index contributed by atoms with van der Waals surface area (Å²) in [6.45, 7) is 77.6. The number of hydrogen-bond acceptors (Lipinski definition) is 8. The van der Waals surface area contributed by atoms with Gasteiger partial charge in [0.2, 0.25) is 0 Å². The van der Waals surface area contributed by atoms with Crippen molar-refractivity contribution in [3.63, 3.8) is 0 Å². The van der Waals surface area contributed by atoms with Gasteiger partial charge in [-0.1, -0.05) is 0 Å². The molecule has 0 heterocycles. The molecule has 8 rings (SSSR count). The molecule has 0 aromatic heterocycles. The molecule has 0 aliphatic carbocycles. The van der Waals surface area contributed by atoms with Crippen LogP contribution in [0, 0.1) is 0 Å². The van der Waals surface area contributed by atoms with E-state index in [0.29, 0.717) is 43.8 Å². The van der Waals surface area contributed by atoms with Crippen molar-refractivity contribution in [3.8, 4) is 0 Å². The third-order valence-corrected chi connectivity index (χ3v) is 24.5. The summed E-state index contributed by atoms with van der Waals surface area (Å²) >= 11 is -7.66. The number of benzene rings is 8. The van der Waals surface area contributed by atoms with Gasteiger partial charge >= 0.3 is 619 Å². The molecule has 0 saturated carbocycles. The molecule has 0 aliphatic rings. The van der Waals surface area contributed by atoms with E-state index in [1.165, 1.54) is 0 Å². The van der Waals surface area contributed by atoms with Crippen LogP contribution in [0.1, 0.15) is 357 Å². The second kappa shape index (κ2) is 26.0. The van der Waals surface area contributed by atoms with Crippen LogP contribution in [-0.4, -0.2) is 43.9 Å².